The minimum Gasteiger partial charge on any atom is -0.467 e. The molecule has 0 spiro atoms. The quantitative estimate of drug-likeness (QED) is 0.580. The van der Waals surface area contributed by atoms with Gasteiger partial charge < -0.3 is 9.73 Å². The molecule has 1 heterocycles. The Bertz CT molecular complexity index is 770. The SMILES string of the molecule is O=C(CN[C@H](c1ccccc1)c1ccco1)NCCCc1ccccc1. The highest BCUT2D eigenvalue weighted by Crippen LogP contribution is 2.21. The third-order valence-electron chi connectivity index (χ3n) is 4.23. The number of amides is 1. The van der Waals surface area contributed by atoms with Gasteiger partial charge in [0.05, 0.1) is 18.8 Å². The van der Waals surface area contributed by atoms with E-state index < -0.39 is 0 Å². The van der Waals surface area contributed by atoms with Gasteiger partial charge in [-0.15, -0.1) is 0 Å². The van der Waals surface area contributed by atoms with Crippen molar-refractivity contribution in [2.75, 3.05) is 13.1 Å². The van der Waals surface area contributed by atoms with Gasteiger partial charge in [0.2, 0.25) is 5.91 Å². The van der Waals surface area contributed by atoms with Crippen LogP contribution in [0.4, 0.5) is 0 Å². The predicted octanol–water partition coefficient (Wildman–Crippen LogP) is 3.71. The van der Waals surface area contributed by atoms with E-state index in [0.29, 0.717) is 6.54 Å². The maximum absolute atomic E-state index is 12.2. The molecule has 0 aliphatic carbocycles. The number of aryl methyl sites for hydroxylation is 1. The van der Waals surface area contributed by atoms with Gasteiger partial charge >= 0.3 is 0 Å². The first-order valence-electron chi connectivity index (χ1n) is 8.95. The van der Waals surface area contributed by atoms with E-state index in [1.165, 1.54) is 5.56 Å². The first-order valence-corrected chi connectivity index (χ1v) is 8.95. The van der Waals surface area contributed by atoms with Crippen molar-refractivity contribution in [1.82, 2.24) is 10.6 Å². The average Bonchev–Trinajstić information content (AvgIpc) is 3.22. The van der Waals surface area contributed by atoms with Crippen molar-refractivity contribution >= 4 is 5.91 Å². The van der Waals surface area contributed by atoms with E-state index in [1.807, 2.05) is 60.7 Å². The number of rotatable bonds is 9. The Morgan fingerprint density at radius 3 is 2.35 bits per heavy atom. The maximum Gasteiger partial charge on any atom is 0.233 e. The molecule has 0 radical (unpaired) electrons. The lowest BCUT2D eigenvalue weighted by Gasteiger charge is -2.17. The number of hydrogen-bond donors (Lipinski definition) is 2. The molecular formula is C22H24N2O2. The molecular weight excluding hydrogens is 324 g/mol. The van der Waals surface area contributed by atoms with Crippen LogP contribution in [0.3, 0.4) is 0 Å². The Hall–Kier alpha value is -2.85. The van der Waals surface area contributed by atoms with E-state index in [1.54, 1.807) is 6.26 Å². The lowest BCUT2D eigenvalue weighted by molar-refractivity contribution is -0.120. The molecule has 2 aromatic carbocycles. The smallest absolute Gasteiger partial charge is 0.233 e. The van der Waals surface area contributed by atoms with Crippen LogP contribution in [-0.2, 0) is 11.2 Å². The Morgan fingerprint density at radius 1 is 0.923 bits per heavy atom. The highest BCUT2D eigenvalue weighted by molar-refractivity contribution is 5.78. The van der Waals surface area contributed by atoms with Crippen molar-refractivity contribution in [1.29, 1.82) is 0 Å². The lowest BCUT2D eigenvalue weighted by Crippen LogP contribution is -2.36. The van der Waals surface area contributed by atoms with Gasteiger partial charge in [-0.1, -0.05) is 60.7 Å². The number of hydrogen-bond acceptors (Lipinski definition) is 3. The van der Waals surface area contributed by atoms with Gasteiger partial charge in [0.1, 0.15) is 5.76 Å². The first-order chi connectivity index (χ1) is 12.8. The van der Waals surface area contributed by atoms with Crippen LogP contribution in [0, 0.1) is 0 Å². The van der Waals surface area contributed by atoms with E-state index in [0.717, 1.165) is 24.2 Å². The molecule has 26 heavy (non-hydrogen) atoms. The van der Waals surface area contributed by atoms with Crippen molar-refractivity contribution in [3.8, 4) is 0 Å². The molecule has 0 saturated carbocycles. The van der Waals surface area contributed by atoms with Crippen LogP contribution < -0.4 is 10.6 Å². The zero-order valence-corrected chi connectivity index (χ0v) is 14.7. The van der Waals surface area contributed by atoms with Crippen molar-refractivity contribution < 1.29 is 9.21 Å². The summed E-state index contributed by atoms with van der Waals surface area (Å²) in [5.74, 6) is 0.790. The molecule has 0 unspecified atom stereocenters. The fourth-order valence-corrected chi connectivity index (χ4v) is 2.91. The monoisotopic (exact) mass is 348 g/mol. The summed E-state index contributed by atoms with van der Waals surface area (Å²) >= 11 is 0. The van der Waals surface area contributed by atoms with Crippen LogP contribution in [0.25, 0.3) is 0 Å². The number of benzene rings is 2. The molecule has 3 aromatic rings. The number of carbonyl (C=O) groups excluding carboxylic acids is 1. The van der Waals surface area contributed by atoms with E-state index >= 15 is 0 Å². The second kappa shape index (κ2) is 9.59. The molecule has 0 bridgehead atoms. The predicted molar refractivity (Wildman–Crippen MR) is 103 cm³/mol. The zero-order chi connectivity index (χ0) is 18.0. The van der Waals surface area contributed by atoms with Crippen molar-refractivity contribution in [3.05, 3.63) is 95.9 Å². The summed E-state index contributed by atoms with van der Waals surface area (Å²) in [6.45, 7) is 0.914. The third-order valence-corrected chi connectivity index (χ3v) is 4.23. The molecule has 1 aromatic heterocycles. The summed E-state index contributed by atoms with van der Waals surface area (Å²) in [6.07, 6.45) is 3.54. The van der Waals surface area contributed by atoms with Crippen molar-refractivity contribution in [3.63, 3.8) is 0 Å². The molecule has 0 aliphatic rings. The zero-order valence-electron chi connectivity index (χ0n) is 14.7. The maximum atomic E-state index is 12.2. The standard InChI is InChI=1S/C22H24N2O2/c25-21(23-15-7-11-18-9-3-1-4-10-18)17-24-22(20-14-8-16-26-20)19-12-5-2-6-13-19/h1-6,8-10,12-14,16,22,24H,7,11,15,17H2,(H,23,25)/t22-/m1/s1. The van der Waals surface area contributed by atoms with E-state index in [4.69, 9.17) is 4.42 Å². The molecule has 1 atom stereocenters. The van der Waals surface area contributed by atoms with Crippen molar-refractivity contribution in [2.45, 2.75) is 18.9 Å². The van der Waals surface area contributed by atoms with E-state index in [-0.39, 0.29) is 18.5 Å². The molecule has 1 amide bonds. The van der Waals surface area contributed by atoms with Crippen LogP contribution in [0.2, 0.25) is 0 Å². The second-order valence-electron chi connectivity index (χ2n) is 6.18. The van der Waals surface area contributed by atoms with Gasteiger partial charge in [-0.3, -0.25) is 10.1 Å². The molecule has 4 nitrogen and oxygen atoms in total. The molecule has 0 aliphatic heterocycles. The Kier molecular flexibility index (Phi) is 6.62. The summed E-state index contributed by atoms with van der Waals surface area (Å²) in [7, 11) is 0. The van der Waals surface area contributed by atoms with Crippen LogP contribution in [0.15, 0.2) is 83.5 Å². The van der Waals surface area contributed by atoms with E-state index in [2.05, 4.69) is 22.8 Å². The molecule has 4 heteroatoms. The van der Waals surface area contributed by atoms with Gasteiger partial charge in [-0.25, -0.2) is 0 Å². The van der Waals surface area contributed by atoms with Gasteiger partial charge in [-0.05, 0) is 36.1 Å². The highest BCUT2D eigenvalue weighted by Gasteiger charge is 2.17. The van der Waals surface area contributed by atoms with Gasteiger partial charge in [0.25, 0.3) is 0 Å². The Labute approximate surface area is 154 Å². The number of carbonyl (C=O) groups is 1. The van der Waals surface area contributed by atoms with Crippen LogP contribution in [0.1, 0.15) is 29.3 Å². The fraction of sp³-hybridized carbons (Fsp3) is 0.227. The van der Waals surface area contributed by atoms with Crippen LogP contribution in [0.5, 0.6) is 0 Å². The Morgan fingerprint density at radius 2 is 1.65 bits per heavy atom. The average molecular weight is 348 g/mol. The minimum absolute atomic E-state index is 0.00875. The van der Waals surface area contributed by atoms with Gasteiger partial charge in [-0.2, -0.15) is 0 Å². The topological polar surface area (TPSA) is 54.3 Å². The van der Waals surface area contributed by atoms with Crippen LogP contribution >= 0.6 is 0 Å². The molecule has 134 valence electrons. The highest BCUT2D eigenvalue weighted by atomic mass is 16.3. The first kappa shape index (κ1) is 18.0. The summed E-state index contributed by atoms with van der Waals surface area (Å²) in [5, 5.41) is 6.26. The summed E-state index contributed by atoms with van der Waals surface area (Å²) < 4.78 is 5.54. The van der Waals surface area contributed by atoms with Crippen LogP contribution in [-0.4, -0.2) is 19.0 Å². The van der Waals surface area contributed by atoms with Gasteiger partial charge in [0.15, 0.2) is 0 Å². The molecule has 0 saturated heterocycles. The number of furan rings is 1. The second-order valence-corrected chi connectivity index (χ2v) is 6.18. The summed E-state index contributed by atoms with van der Waals surface area (Å²) in [5.41, 5.74) is 2.36. The largest absolute Gasteiger partial charge is 0.467 e. The lowest BCUT2D eigenvalue weighted by atomic mass is 10.0. The Balaban J connectivity index is 1.46. The summed E-state index contributed by atoms with van der Waals surface area (Å²) in [4.78, 5) is 12.2. The number of nitrogens with one attached hydrogen (secondary N) is 2. The minimum atomic E-state index is -0.138. The normalized spacial score (nSPS) is 11.8. The summed E-state index contributed by atoms with van der Waals surface area (Å²) in [6, 6.07) is 23.9. The van der Waals surface area contributed by atoms with Crippen molar-refractivity contribution in [2.24, 2.45) is 0 Å². The fourth-order valence-electron chi connectivity index (χ4n) is 2.91. The van der Waals surface area contributed by atoms with E-state index in [9.17, 15) is 4.79 Å². The molecule has 3 rings (SSSR count). The van der Waals surface area contributed by atoms with Gasteiger partial charge in [0, 0.05) is 6.54 Å². The molecule has 0 fully saturated rings. The molecule has 2 N–H and O–H groups in total. The third kappa shape index (κ3) is 5.33.